The number of hydrogen-bond acceptors (Lipinski definition) is 3. The fourth-order valence-corrected chi connectivity index (χ4v) is 2.22. The van der Waals surface area contributed by atoms with E-state index in [1.165, 1.54) is 0 Å². The van der Waals surface area contributed by atoms with Crippen LogP contribution in [0, 0.1) is 23.7 Å². The van der Waals surface area contributed by atoms with Crippen LogP contribution in [-0.2, 0) is 0 Å². The number of hydrogen-bond donors (Lipinski definition) is 1. The van der Waals surface area contributed by atoms with Gasteiger partial charge >= 0.3 is 0 Å². The van der Waals surface area contributed by atoms with Gasteiger partial charge < -0.3 is 4.90 Å². The van der Waals surface area contributed by atoms with Gasteiger partial charge in [-0.15, -0.1) is 6.42 Å². The third-order valence-corrected chi connectivity index (χ3v) is 3.35. The second kappa shape index (κ2) is 5.89. The van der Waals surface area contributed by atoms with Crippen LogP contribution < -0.4 is 5.32 Å². The number of rotatable bonds is 3. The molecular weight excluding hydrogens is 198 g/mol. The van der Waals surface area contributed by atoms with Crippen LogP contribution in [0.1, 0.15) is 33.1 Å². The van der Waals surface area contributed by atoms with Crippen molar-refractivity contribution < 1.29 is 0 Å². The molecule has 0 spiro atoms. The van der Waals surface area contributed by atoms with Crippen molar-refractivity contribution >= 4 is 0 Å². The second-order valence-corrected chi connectivity index (χ2v) is 4.73. The fourth-order valence-electron chi connectivity index (χ4n) is 2.22. The van der Waals surface area contributed by atoms with Crippen molar-refractivity contribution in [2.75, 3.05) is 19.6 Å². The smallest absolute Gasteiger partial charge is 0.108 e. The largest absolute Gasteiger partial charge is 0.301 e. The molecule has 1 aliphatic rings. The Morgan fingerprint density at radius 2 is 2.19 bits per heavy atom. The predicted molar refractivity (Wildman–Crippen MR) is 65.7 cm³/mol. The predicted octanol–water partition coefficient (Wildman–Crippen LogP) is 1.37. The molecule has 3 nitrogen and oxygen atoms in total. The van der Waals surface area contributed by atoms with Crippen molar-refractivity contribution in [1.82, 2.24) is 10.2 Å². The van der Waals surface area contributed by atoms with Gasteiger partial charge in [0, 0.05) is 12.6 Å². The standard InChI is InChI=1S/C13H21N3/c1-4-8-15-13(11-14)6-5-9-16(10-7-13)12(2)3/h1,12,15H,5-10H2,2-3H3. The van der Waals surface area contributed by atoms with Gasteiger partial charge in [-0.3, -0.25) is 5.32 Å². The summed E-state index contributed by atoms with van der Waals surface area (Å²) in [5.41, 5.74) is -0.407. The lowest BCUT2D eigenvalue weighted by Crippen LogP contribution is -2.45. The minimum Gasteiger partial charge on any atom is -0.301 e. The van der Waals surface area contributed by atoms with Gasteiger partial charge in [-0.25, -0.2) is 0 Å². The summed E-state index contributed by atoms with van der Waals surface area (Å²) in [5.74, 6) is 2.55. The van der Waals surface area contributed by atoms with Gasteiger partial charge in [0.2, 0.25) is 0 Å². The highest BCUT2D eigenvalue weighted by atomic mass is 15.2. The van der Waals surface area contributed by atoms with E-state index in [0.717, 1.165) is 32.4 Å². The Balaban J connectivity index is 2.62. The maximum Gasteiger partial charge on any atom is 0.108 e. The molecule has 3 heteroatoms. The van der Waals surface area contributed by atoms with E-state index >= 15 is 0 Å². The summed E-state index contributed by atoms with van der Waals surface area (Å²) in [4.78, 5) is 2.43. The Kier molecular flexibility index (Phi) is 4.80. The number of nitriles is 1. The molecule has 1 unspecified atom stereocenters. The summed E-state index contributed by atoms with van der Waals surface area (Å²) in [6.45, 7) is 6.94. The van der Waals surface area contributed by atoms with Crippen molar-refractivity contribution in [3.63, 3.8) is 0 Å². The molecule has 1 atom stereocenters. The average molecular weight is 219 g/mol. The lowest BCUT2D eigenvalue weighted by molar-refractivity contribution is 0.226. The van der Waals surface area contributed by atoms with E-state index < -0.39 is 5.54 Å². The topological polar surface area (TPSA) is 39.1 Å². The molecule has 0 bridgehead atoms. The summed E-state index contributed by atoms with van der Waals surface area (Å²) < 4.78 is 0. The van der Waals surface area contributed by atoms with Crippen LogP contribution in [0.2, 0.25) is 0 Å². The number of nitrogens with zero attached hydrogens (tertiary/aromatic N) is 2. The molecule has 1 heterocycles. The molecule has 1 rings (SSSR count). The first-order valence-electron chi connectivity index (χ1n) is 5.97. The molecular formula is C13H21N3. The fraction of sp³-hybridized carbons (Fsp3) is 0.769. The quantitative estimate of drug-likeness (QED) is 0.729. The molecule has 1 fully saturated rings. The molecule has 1 aliphatic heterocycles. The Morgan fingerprint density at radius 1 is 1.44 bits per heavy atom. The van der Waals surface area contributed by atoms with E-state index in [0.29, 0.717) is 12.6 Å². The number of likely N-dealkylation sites (tertiary alicyclic amines) is 1. The lowest BCUT2D eigenvalue weighted by atomic mass is 9.92. The first-order chi connectivity index (χ1) is 7.63. The summed E-state index contributed by atoms with van der Waals surface area (Å²) in [6, 6.07) is 2.98. The van der Waals surface area contributed by atoms with E-state index in [1.54, 1.807) is 0 Å². The van der Waals surface area contributed by atoms with Gasteiger partial charge in [-0.1, -0.05) is 5.92 Å². The van der Waals surface area contributed by atoms with Crippen LogP contribution >= 0.6 is 0 Å². The highest BCUT2D eigenvalue weighted by molar-refractivity contribution is 5.10. The van der Waals surface area contributed by atoms with Crippen LogP contribution in [0.3, 0.4) is 0 Å². The summed E-state index contributed by atoms with van der Waals surface area (Å²) in [6.07, 6.45) is 8.06. The Hall–Kier alpha value is -1.03. The van der Waals surface area contributed by atoms with E-state index in [-0.39, 0.29) is 0 Å². The normalized spacial score (nSPS) is 27.1. The number of terminal acetylenes is 1. The highest BCUT2D eigenvalue weighted by Gasteiger charge is 2.32. The second-order valence-electron chi connectivity index (χ2n) is 4.73. The van der Waals surface area contributed by atoms with Gasteiger partial charge in [0.15, 0.2) is 0 Å². The summed E-state index contributed by atoms with van der Waals surface area (Å²) in [7, 11) is 0. The van der Waals surface area contributed by atoms with Crippen molar-refractivity contribution in [2.24, 2.45) is 0 Å². The molecule has 1 saturated heterocycles. The SMILES string of the molecule is C#CCNC1(C#N)CCCN(C(C)C)CC1. The molecule has 16 heavy (non-hydrogen) atoms. The molecule has 0 aromatic rings. The first-order valence-corrected chi connectivity index (χ1v) is 5.97. The summed E-state index contributed by atoms with van der Waals surface area (Å²) in [5, 5.41) is 12.5. The van der Waals surface area contributed by atoms with E-state index in [9.17, 15) is 5.26 Å². The first kappa shape index (κ1) is 13.0. The van der Waals surface area contributed by atoms with Crippen molar-refractivity contribution in [1.29, 1.82) is 5.26 Å². The van der Waals surface area contributed by atoms with Gasteiger partial charge in [0.1, 0.15) is 5.54 Å². The molecule has 0 aliphatic carbocycles. The summed E-state index contributed by atoms with van der Waals surface area (Å²) >= 11 is 0. The van der Waals surface area contributed by atoms with Crippen molar-refractivity contribution in [2.45, 2.75) is 44.7 Å². The Labute approximate surface area is 98.8 Å². The molecule has 88 valence electrons. The van der Waals surface area contributed by atoms with Crippen LogP contribution in [0.25, 0.3) is 0 Å². The minimum atomic E-state index is -0.407. The molecule has 0 amide bonds. The number of nitrogens with one attached hydrogen (secondary N) is 1. The highest BCUT2D eigenvalue weighted by Crippen LogP contribution is 2.22. The molecule has 0 saturated carbocycles. The van der Waals surface area contributed by atoms with E-state index in [2.05, 4.69) is 36.1 Å². The molecule has 0 aromatic carbocycles. The molecule has 0 radical (unpaired) electrons. The minimum absolute atomic E-state index is 0.407. The maximum absolute atomic E-state index is 9.32. The van der Waals surface area contributed by atoms with E-state index in [4.69, 9.17) is 6.42 Å². The van der Waals surface area contributed by atoms with Crippen LogP contribution in [-0.4, -0.2) is 36.1 Å². The molecule has 1 N–H and O–H groups in total. The van der Waals surface area contributed by atoms with Crippen LogP contribution in [0.15, 0.2) is 0 Å². The van der Waals surface area contributed by atoms with Gasteiger partial charge in [-0.2, -0.15) is 5.26 Å². The Bertz CT molecular complexity index is 297. The molecule has 0 aromatic heterocycles. The van der Waals surface area contributed by atoms with Crippen LogP contribution in [0.4, 0.5) is 0 Å². The van der Waals surface area contributed by atoms with Gasteiger partial charge in [0.25, 0.3) is 0 Å². The Morgan fingerprint density at radius 3 is 2.75 bits per heavy atom. The third kappa shape index (κ3) is 3.23. The van der Waals surface area contributed by atoms with Gasteiger partial charge in [-0.05, 0) is 39.7 Å². The zero-order valence-corrected chi connectivity index (χ0v) is 10.3. The maximum atomic E-state index is 9.32. The monoisotopic (exact) mass is 219 g/mol. The van der Waals surface area contributed by atoms with E-state index in [1.807, 2.05) is 0 Å². The zero-order chi connectivity index (χ0) is 12.0. The van der Waals surface area contributed by atoms with Crippen LogP contribution in [0.5, 0.6) is 0 Å². The van der Waals surface area contributed by atoms with Crippen molar-refractivity contribution in [3.8, 4) is 18.4 Å². The zero-order valence-electron chi connectivity index (χ0n) is 10.3. The third-order valence-electron chi connectivity index (χ3n) is 3.35. The average Bonchev–Trinajstić information content (AvgIpc) is 2.49. The van der Waals surface area contributed by atoms with Gasteiger partial charge in [0.05, 0.1) is 12.6 Å². The lowest BCUT2D eigenvalue weighted by Gasteiger charge is -2.27. The van der Waals surface area contributed by atoms with Crippen molar-refractivity contribution in [3.05, 3.63) is 0 Å².